The molecule has 3 aromatic rings. The first kappa shape index (κ1) is 20.5. The Bertz CT molecular complexity index is 1130. The van der Waals surface area contributed by atoms with Gasteiger partial charge in [-0.1, -0.05) is 18.2 Å². The summed E-state index contributed by atoms with van der Waals surface area (Å²) in [4.78, 5) is 12.1. The fraction of sp³-hybridized carbons (Fsp3) is 0.158. The van der Waals surface area contributed by atoms with Crippen molar-refractivity contribution in [1.82, 2.24) is 9.78 Å². The van der Waals surface area contributed by atoms with Crippen molar-refractivity contribution < 1.29 is 26.7 Å². The van der Waals surface area contributed by atoms with E-state index >= 15 is 0 Å². The highest BCUT2D eigenvalue weighted by atomic mass is 32.2. The number of ether oxygens (including phenoxy) is 1. The number of para-hydroxylation sites is 1. The Hall–Kier alpha value is -3.27. The van der Waals surface area contributed by atoms with Crippen molar-refractivity contribution in [3.63, 3.8) is 0 Å². The van der Waals surface area contributed by atoms with Crippen molar-refractivity contribution in [3.8, 4) is 0 Å². The smallest absolute Gasteiger partial charge is 0.342 e. The van der Waals surface area contributed by atoms with Gasteiger partial charge in [-0.2, -0.15) is 13.5 Å². The van der Waals surface area contributed by atoms with Gasteiger partial charge in [0.05, 0.1) is 19.3 Å². The second-order valence-electron chi connectivity index (χ2n) is 6.12. The molecule has 0 aliphatic heterocycles. The highest BCUT2D eigenvalue weighted by Crippen LogP contribution is 2.24. The van der Waals surface area contributed by atoms with Gasteiger partial charge in [-0.15, -0.1) is 0 Å². The van der Waals surface area contributed by atoms with Crippen LogP contribution in [0.5, 0.6) is 0 Å². The number of sulfonamides is 1. The number of aromatic nitrogens is 2. The van der Waals surface area contributed by atoms with Crippen LogP contribution < -0.4 is 4.31 Å². The van der Waals surface area contributed by atoms with E-state index in [1.54, 1.807) is 30.3 Å². The van der Waals surface area contributed by atoms with Crippen molar-refractivity contribution in [2.45, 2.75) is 11.6 Å². The Morgan fingerprint density at radius 2 is 1.76 bits per heavy atom. The summed E-state index contributed by atoms with van der Waals surface area (Å²) in [5.74, 6) is -2.46. The topological polar surface area (TPSA) is 81.5 Å². The number of anilines is 1. The number of hydrogen-bond donors (Lipinski definition) is 0. The Balaban J connectivity index is 2.04. The molecule has 0 amide bonds. The normalized spacial score (nSPS) is 11.3. The van der Waals surface area contributed by atoms with Crippen LogP contribution in [0.25, 0.3) is 0 Å². The van der Waals surface area contributed by atoms with E-state index in [0.29, 0.717) is 5.69 Å². The summed E-state index contributed by atoms with van der Waals surface area (Å²) in [6.45, 7) is -0.150. The minimum absolute atomic E-state index is 0.150. The van der Waals surface area contributed by atoms with E-state index in [1.807, 2.05) is 0 Å². The largest absolute Gasteiger partial charge is 0.465 e. The molecule has 0 aliphatic carbocycles. The number of benzene rings is 2. The van der Waals surface area contributed by atoms with E-state index in [1.165, 1.54) is 13.2 Å². The second kappa shape index (κ2) is 8.00. The maximum absolute atomic E-state index is 13.4. The molecule has 0 saturated heterocycles. The first-order valence-corrected chi connectivity index (χ1v) is 9.81. The molecule has 2 aromatic carbocycles. The van der Waals surface area contributed by atoms with Gasteiger partial charge in [-0.05, 0) is 29.8 Å². The van der Waals surface area contributed by atoms with Crippen LogP contribution in [0.3, 0.4) is 0 Å². The molecule has 3 rings (SSSR count). The van der Waals surface area contributed by atoms with Crippen molar-refractivity contribution in [1.29, 1.82) is 0 Å². The summed E-state index contributed by atoms with van der Waals surface area (Å²) in [6, 6.07) is 11.1. The summed E-state index contributed by atoms with van der Waals surface area (Å²) in [7, 11) is -1.78. The van der Waals surface area contributed by atoms with Crippen LogP contribution in [0.1, 0.15) is 15.9 Å². The summed E-state index contributed by atoms with van der Waals surface area (Å²) in [5.41, 5.74) is 0.291. The summed E-state index contributed by atoms with van der Waals surface area (Å²) < 4.78 is 59.8. The molecule has 1 aromatic heterocycles. The Morgan fingerprint density at radius 3 is 2.34 bits per heavy atom. The lowest BCUT2D eigenvalue weighted by Gasteiger charge is -2.18. The van der Waals surface area contributed by atoms with Gasteiger partial charge < -0.3 is 4.74 Å². The molecule has 10 heteroatoms. The maximum Gasteiger partial charge on any atom is 0.342 e. The van der Waals surface area contributed by atoms with Gasteiger partial charge >= 0.3 is 5.97 Å². The molecule has 0 spiro atoms. The minimum atomic E-state index is -4.21. The number of carbonyl (C=O) groups excluding carboxylic acids is 1. The molecule has 0 unspecified atom stereocenters. The fourth-order valence-corrected chi connectivity index (χ4v) is 4.00. The predicted octanol–water partition coefficient (Wildman–Crippen LogP) is 2.82. The van der Waals surface area contributed by atoms with Crippen molar-refractivity contribution in [2.24, 2.45) is 0 Å². The Morgan fingerprint density at radius 1 is 1.14 bits per heavy atom. The van der Waals surface area contributed by atoms with Crippen molar-refractivity contribution >= 4 is 21.7 Å². The predicted molar refractivity (Wildman–Crippen MR) is 101 cm³/mol. The zero-order chi connectivity index (χ0) is 21.2. The molecule has 0 radical (unpaired) electrons. The highest BCUT2D eigenvalue weighted by molar-refractivity contribution is 7.92. The highest BCUT2D eigenvalue weighted by Gasteiger charge is 2.31. The van der Waals surface area contributed by atoms with Gasteiger partial charge in [0.1, 0.15) is 17.2 Å². The third kappa shape index (κ3) is 4.27. The molecule has 0 N–H and O–H groups in total. The molecule has 1 heterocycles. The average Bonchev–Trinajstić information content (AvgIpc) is 3.11. The molecular formula is C19H17F2N3O4S. The molecule has 0 saturated carbocycles. The number of esters is 1. The van der Waals surface area contributed by atoms with Gasteiger partial charge in [-0.25, -0.2) is 13.6 Å². The van der Waals surface area contributed by atoms with Crippen LogP contribution in [-0.4, -0.2) is 38.3 Å². The van der Waals surface area contributed by atoms with Gasteiger partial charge in [0.2, 0.25) is 5.03 Å². The summed E-state index contributed by atoms with van der Waals surface area (Å²) in [5, 5.41) is 3.47. The number of halogens is 2. The minimum Gasteiger partial charge on any atom is -0.465 e. The van der Waals surface area contributed by atoms with Crippen LogP contribution in [0, 0.1) is 11.6 Å². The fourth-order valence-electron chi connectivity index (χ4n) is 2.72. The van der Waals surface area contributed by atoms with Crippen LogP contribution in [-0.2, 0) is 21.3 Å². The quantitative estimate of drug-likeness (QED) is 0.572. The van der Waals surface area contributed by atoms with E-state index in [9.17, 15) is 22.0 Å². The van der Waals surface area contributed by atoms with Gasteiger partial charge in [0.25, 0.3) is 10.0 Å². The number of hydrogen-bond acceptors (Lipinski definition) is 5. The Kier molecular flexibility index (Phi) is 5.64. The zero-order valence-electron chi connectivity index (χ0n) is 15.5. The molecular weight excluding hydrogens is 404 g/mol. The number of rotatable bonds is 6. The standard InChI is InChI=1S/C19H17F2N3O4S/c1-23(16-6-4-3-5-7-16)29(26,27)18-17(19(25)28-2)12-24(22-18)11-13-8-14(20)10-15(21)9-13/h3-10,12H,11H2,1-2H3. The number of methoxy groups -OCH3 is 1. The molecule has 7 nitrogen and oxygen atoms in total. The zero-order valence-corrected chi connectivity index (χ0v) is 16.4. The van der Waals surface area contributed by atoms with Crippen LogP contribution in [0.2, 0.25) is 0 Å². The second-order valence-corrected chi connectivity index (χ2v) is 8.01. The molecule has 0 aliphatic rings. The number of nitrogens with zero attached hydrogens (tertiary/aromatic N) is 3. The summed E-state index contributed by atoms with van der Waals surface area (Å²) in [6.07, 6.45) is 1.17. The third-order valence-corrected chi connectivity index (χ3v) is 5.85. The first-order chi connectivity index (χ1) is 13.7. The van der Waals surface area contributed by atoms with Gasteiger partial charge in [-0.3, -0.25) is 8.99 Å². The van der Waals surface area contributed by atoms with Crippen LogP contribution >= 0.6 is 0 Å². The lowest BCUT2D eigenvalue weighted by atomic mass is 10.2. The van der Waals surface area contributed by atoms with E-state index in [2.05, 4.69) is 9.84 Å². The lowest BCUT2D eigenvalue weighted by molar-refractivity contribution is 0.0596. The average molecular weight is 421 g/mol. The third-order valence-electron chi connectivity index (χ3n) is 4.12. The summed E-state index contributed by atoms with van der Waals surface area (Å²) >= 11 is 0. The van der Waals surface area contributed by atoms with E-state index in [-0.39, 0.29) is 17.7 Å². The van der Waals surface area contributed by atoms with Gasteiger partial charge in [0, 0.05) is 19.3 Å². The number of carbonyl (C=O) groups is 1. The maximum atomic E-state index is 13.4. The molecule has 0 atom stereocenters. The molecule has 152 valence electrons. The van der Waals surface area contributed by atoms with E-state index in [4.69, 9.17) is 0 Å². The SMILES string of the molecule is COC(=O)c1cn(Cc2cc(F)cc(F)c2)nc1S(=O)(=O)N(C)c1ccccc1. The first-order valence-electron chi connectivity index (χ1n) is 8.37. The monoisotopic (exact) mass is 421 g/mol. The van der Waals surface area contributed by atoms with Crippen molar-refractivity contribution in [2.75, 3.05) is 18.5 Å². The molecule has 0 bridgehead atoms. The van der Waals surface area contributed by atoms with Crippen LogP contribution in [0.4, 0.5) is 14.5 Å². The lowest BCUT2D eigenvalue weighted by Crippen LogP contribution is -2.28. The molecule has 0 fully saturated rings. The van der Waals surface area contributed by atoms with Crippen LogP contribution in [0.15, 0.2) is 59.8 Å². The van der Waals surface area contributed by atoms with E-state index in [0.717, 1.165) is 34.3 Å². The van der Waals surface area contributed by atoms with Crippen molar-refractivity contribution in [3.05, 3.63) is 77.5 Å². The van der Waals surface area contributed by atoms with E-state index < -0.39 is 32.7 Å². The van der Waals surface area contributed by atoms with Gasteiger partial charge in [0.15, 0.2) is 0 Å². The molecule has 29 heavy (non-hydrogen) atoms. The Labute approximate surface area is 166 Å².